The van der Waals surface area contributed by atoms with Gasteiger partial charge in [-0.05, 0) is 12.8 Å². The monoisotopic (exact) mass is 335 g/mol. The molecule has 0 bridgehead atoms. The molecule has 0 aromatic carbocycles. The molecule has 1 aromatic rings. The minimum Gasteiger partial charge on any atom is -0.479 e. The van der Waals surface area contributed by atoms with Crippen LogP contribution in [0.4, 0.5) is 0 Å². The molecule has 2 atom stereocenters. The summed E-state index contributed by atoms with van der Waals surface area (Å²) in [5.74, 6) is -0.679. The first-order valence-corrected chi connectivity index (χ1v) is 7.66. The average Bonchev–Trinajstić information content (AvgIpc) is 2.92. The summed E-state index contributed by atoms with van der Waals surface area (Å²) in [6.45, 7) is 1.66. The van der Waals surface area contributed by atoms with Crippen molar-refractivity contribution in [3.05, 3.63) is 18.2 Å². The Morgan fingerprint density at radius 2 is 2.29 bits per heavy atom. The topological polar surface area (TPSA) is 112 Å². The van der Waals surface area contributed by atoms with Crippen molar-refractivity contribution in [2.45, 2.75) is 38.4 Å². The Labute approximate surface area is 140 Å². The molecule has 0 spiro atoms. The van der Waals surface area contributed by atoms with E-state index >= 15 is 0 Å². The molecule has 0 aliphatic carbocycles. The molecule has 24 heavy (non-hydrogen) atoms. The highest BCUT2D eigenvalue weighted by Crippen LogP contribution is 2.23. The summed E-state index contributed by atoms with van der Waals surface area (Å²) in [7, 11) is 1.88. The number of aliphatic carboxylic acids is 1. The molecule has 9 heteroatoms. The van der Waals surface area contributed by atoms with Gasteiger partial charge in [0.15, 0.2) is 6.61 Å². The van der Waals surface area contributed by atoms with E-state index < -0.39 is 12.6 Å². The number of imidazole rings is 1. The van der Waals surface area contributed by atoms with Crippen LogP contribution < -0.4 is 0 Å². The van der Waals surface area contributed by atoms with Gasteiger partial charge in [0.2, 0.25) is 5.91 Å². The van der Waals surface area contributed by atoms with Gasteiger partial charge in [-0.1, -0.05) is 0 Å². The first-order valence-electron chi connectivity index (χ1n) is 7.66. The van der Waals surface area contributed by atoms with Gasteiger partial charge >= 0.3 is 5.97 Å². The predicted octanol–water partition coefficient (Wildman–Crippen LogP) is 0.141. The Kier molecular flexibility index (Phi) is 5.89. The molecule has 2 heterocycles. The molecule has 1 amide bonds. The summed E-state index contributed by atoms with van der Waals surface area (Å²) in [4.78, 5) is 33.8. The minimum absolute atomic E-state index is 0.272. The molecule has 1 saturated heterocycles. The van der Waals surface area contributed by atoms with Crippen LogP contribution in [-0.2, 0) is 28.0 Å². The Balaban J connectivity index is 2.09. The van der Waals surface area contributed by atoms with E-state index in [-0.39, 0.29) is 18.0 Å². The number of hydrogen-bond acceptors (Lipinski definition) is 6. The fraction of sp³-hybridized carbons (Fsp3) is 0.600. The van der Waals surface area contributed by atoms with E-state index in [4.69, 9.17) is 9.94 Å². The van der Waals surface area contributed by atoms with Crippen LogP contribution in [0.3, 0.4) is 0 Å². The molecule has 0 radical (unpaired) electrons. The number of hydroxylamine groups is 2. The third kappa shape index (κ3) is 4.31. The highest BCUT2D eigenvalue weighted by molar-refractivity contribution is 5.73. The van der Waals surface area contributed by atoms with Gasteiger partial charge in [-0.2, -0.15) is 5.26 Å². The third-order valence-corrected chi connectivity index (χ3v) is 4.04. The molecule has 1 aliphatic rings. The van der Waals surface area contributed by atoms with Gasteiger partial charge in [-0.3, -0.25) is 14.5 Å². The van der Waals surface area contributed by atoms with Gasteiger partial charge in [-0.25, -0.2) is 14.8 Å². The van der Waals surface area contributed by atoms with Gasteiger partial charge < -0.3 is 9.67 Å². The number of carbonyl (C=O) groups is 2. The highest BCUT2D eigenvalue weighted by Gasteiger charge is 2.34. The number of carboxylic acid groups (broad SMARTS) is 1. The largest absolute Gasteiger partial charge is 0.479 e. The van der Waals surface area contributed by atoms with E-state index in [1.165, 1.54) is 6.92 Å². The van der Waals surface area contributed by atoms with Crippen LogP contribution in [0.2, 0.25) is 0 Å². The van der Waals surface area contributed by atoms with Crippen LogP contribution in [0.1, 0.15) is 25.6 Å². The van der Waals surface area contributed by atoms with Crippen molar-refractivity contribution in [2.75, 3.05) is 13.2 Å². The highest BCUT2D eigenvalue weighted by atomic mass is 16.7. The standard InChI is InChI=1S/C15H21N5O4/c1-11(21)20(24-10-15(22)23)13-4-3-12(7-16)19(8-13)9-14-17-5-6-18(14)2/h5-6,12-13H,3-4,8-10H2,1-2H3,(H,22,23)/t12-,13+/m0/s1. The number of piperidine rings is 1. The lowest BCUT2D eigenvalue weighted by molar-refractivity contribution is -0.208. The van der Waals surface area contributed by atoms with Gasteiger partial charge in [0.05, 0.1) is 24.7 Å². The Morgan fingerprint density at radius 3 is 2.83 bits per heavy atom. The number of likely N-dealkylation sites (tertiary alicyclic amines) is 1. The number of carboxylic acids is 1. The van der Waals surface area contributed by atoms with Gasteiger partial charge in [0, 0.05) is 32.9 Å². The summed E-state index contributed by atoms with van der Waals surface area (Å²) in [5.41, 5.74) is 0. The van der Waals surface area contributed by atoms with Gasteiger partial charge in [0.25, 0.3) is 0 Å². The molecular formula is C15H21N5O4. The number of aromatic nitrogens is 2. The van der Waals surface area contributed by atoms with Crippen molar-refractivity contribution in [2.24, 2.45) is 7.05 Å². The zero-order valence-electron chi connectivity index (χ0n) is 13.8. The van der Waals surface area contributed by atoms with E-state index in [1.807, 2.05) is 22.7 Å². The summed E-state index contributed by atoms with van der Waals surface area (Å²) in [6, 6.07) is 1.70. The lowest BCUT2D eigenvalue weighted by atomic mass is 9.98. The van der Waals surface area contributed by atoms with Crippen LogP contribution in [0, 0.1) is 11.3 Å². The third-order valence-electron chi connectivity index (χ3n) is 4.04. The van der Waals surface area contributed by atoms with Crippen molar-refractivity contribution >= 4 is 11.9 Å². The van der Waals surface area contributed by atoms with Crippen molar-refractivity contribution in [3.63, 3.8) is 0 Å². The molecule has 130 valence electrons. The maximum absolute atomic E-state index is 11.8. The van der Waals surface area contributed by atoms with Gasteiger partial charge in [0.1, 0.15) is 5.82 Å². The summed E-state index contributed by atoms with van der Waals surface area (Å²) in [5, 5.41) is 19.2. The van der Waals surface area contributed by atoms with Crippen LogP contribution >= 0.6 is 0 Å². The summed E-state index contributed by atoms with van der Waals surface area (Å²) < 4.78 is 1.88. The fourth-order valence-electron chi connectivity index (χ4n) is 2.84. The lowest BCUT2D eigenvalue weighted by Crippen LogP contribution is -2.52. The van der Waals surface area contributed by atoms with Crippen molar-refractivity contribution in [3.8, 4) is 6.07 Å². The smallest absolute Gasteiger partial charge is 0.332 e. The van der Waals surface area contributed by atoms with E-state index in [2.05, 4.69) is 11.1 Å². The molecule has 1 aromatic heterocycles. The Morgan fingerprint density at radius 1 is 1.54 bits per heavy atom. The molecule has 1 aliphatic heterocycles. The number of amides is 1. The molecule has 1 fully saturated rings. The Hall–Kier alpha value is -2.44. The van der Waals surface area contributed by atoms with E-state index in [0.717, 1.165) is 10.9 Å². The fourth-order valence-corrected chi connectivity index (χ4v) is 2.84. The maximum Gasteiger partial charge on any atom is 0.332 e. The minimum atomic E-state index is -1.14. The van der Waals surface area contributed by atoms with Crippen molar-refractivity contribution in [1.82, 2.24) is 19.5 Å². The molecule has 9 nitrogen and oxygen atoms in total. The maximum atomic E-state index is 11.8. The van der Waals surface area contributed by atoms with Crippen LogP contribution in [0.5, 0.6) is 0 Å². The SMILES string of the molecule is CC(=O)N(OCC(=O)O)[C@@H]1CC[C@@H](C#N)N(Cc2nccn2C)C1. The molecule has 0 unspecified atom stereocenters. The molecule has 1 N–H and O–H groups in total. The molecule has 2 rings (SSSR count). The first-order chi connectivity index (χ1) is 11.4. The van der Waals surface area contributed by atoms with Crippen LogP contribution in [0.25, 0.3) is 0 Å². The number of aryl methyl sites for hydroxylation is 1. The second kappa shape index (κ2) is 7.90. The van der Waals surface area contributed by atoms with Crippen molar-refractivity contribution in [1.29, 1.82) is 5.26 Å². The van der Waals surface area contributed by atoms with E-state index in [9.17, 15) is 14.9 Å². The van der Waals surface area contributed by atoms with Crippen LogP contribution in [0.15, 0.2) is 12.4 Å². The molecule has 0 saturated carbocycles. The van der Waals surface area contributed by atoms with E-state index in [0.29, 0.717) is 25.9 Å². The zero-order valence-corrected chi connectivity index (χ0v) is 13.8. The Bertz CT molecular complexity index is 638. The zero-order chi connectivity index (χ0) is 17.7. The number of carbonyl (C=O) groups excluding carboxylic acids is 1. The second-order valence-electron chi connectivity index (χ2n) is 5.77. The number of hydrogen-bond donors (Lipinski definition) is 1. The summed E-state index contributed by atoms with van der Waals surface area (Å²) in [6.07, 6.45) is 4.67. The number of nitriles is 1. The van der Waals surface area contributed by atoms with Crippen LogP contribution in [-0.4, -0.2) is 61.7 Å². The molecular weight excluding hydrogens is 314 g/mol. The average molecular weight is 335 g/mol. The summed E-state index contributed by atoms with van der Waals surface area (Å²) >= 11 is 0. The quantitative estimate of drug-likeness (QED) is 0.736. The predicted molar refractivity (Wildman–Crippen MR) is 82.1 cm³/mol. The number of nitrogens with zero attached hydrogens (tertiary/aromatic N) is 5. The van der Waals surface area contributed by atoms with Crippen molar-refractivity contribution < 1.29 is 19.5 Å². The lowest BCUT2D eigenvalue weighted by Gasteiger charge is -2.40. The van der Waals surface area contributed by atoms with E-state index in [1.54, 1.807) is 6.20 Å². The normalized spacial score (nSPS) is 21.2. The van der Waals surface area contributed by atoms with Gasteiger partial charge in [-0.15, -0.1) is 0 Å². The number of rotatable bonds is 6. The second-order valence-corrected chi connectivity index (χ2v) is 5.77. The first kappa shape index (κ1) is 17.9.